The average Bonchev–Trinajstić information content (AvgIpc) is 2.15. The number of nitrogens with two attached hydrogens (primary N) is 1. The topological polar surface area (TPSA) is 46.2 Å². The molecule has 1 rings (SSSR count). The SMILES string of the molecule is C[C@H](N)[C@H](O)c1cccc(C(F)(F)F)c1. The Morgan fingerprint density at radius 3 is 2.40 bits per heavy atom. The van der Waals surface area contributed by atoms with Crippen LogP contribution < -0.4 is 5.73 Å². The molecule has 0 aromatic heterocycles. The molecule has 84 valence electrons. The van der Waals surface area contributed by atoms with E-state index in [-0.39, 0.29) is 5.56 Å². The summed E-state index contributed by atoms with van der Waals surface area (Å²) in [7, 11) is 0. The molecule has 1 aromatic carbocycles. The second-order valence-corrected chi connectivity index (χ2v) is 3.43. The summed E-state index contributed by atoms with van der Waals surface area (Å²) in [6.45, 7) is 1.53. The molecule has 0 aliphatic heterocycles. The number of benzene rings is 1. The average molecular weight is 219 g/mol. The monoisotopic (exact) mass is 219 g/mol. The van der Waals surface area contributed by atoms with Crippen molar-refractivity contribution in [1.29, 1.82) is 0 Å². The largest absolute Gasteiger partial charge is 0.416 e. The Balaban J connectivity index is 3.03. The predicted octanol–water partition coefficient (Wildman–Crippen LogP) is 2.09. The Hall–Kier alpha value is -1.07. The third kappa shape index (κ3) is 2.94. The first-order valence-corrected chi connectivity index (χ1v) is 4.43. The Morgan fingerprint density at radius 2 is 1.93 bits per heavy atom. The highest BCUT2D eigenvalue weighted by Crippen LogP contribution is 2.31. The van der Waals surface area contributed by atoms with Gasteiger partial charge in [0.1, 0.15) is 0 Å². The van der Waals surface area contributed by atoms with Crippen molar-refractivity contribution >= 4 is 0 Å². The Kier molecular flexibility index (Phi) is 3.36. The van der Waals surface area contributed by atoms with Crippen molar-refractivity contribution < 1.29 is 18.3 Å². The van der Waals surface area contributed by atoms with Crippen LogP contribution in [0.5, 0.6) is 0 Å². The number of hydrogen-bond acceptors (Lipinski definition) is 2. The minimum atomic E-state index is -4.40. The normalized spacial score (nSPS) is 16.1. The Morgan fingerprint density at radius 1 is 1.33 bits per heavy atom. The second kappa shape index (κ2) is 4.20. The summed E-state index contributed by atoms with van der Waals surface area (Å²) < 4.78 is 37.0. The summed E-state index contributed by atoms with van der Waals surface area (Å²) in [6, 6.07) is 3.94. The van der Waals surface area contributed by atoms with Crippen molar-refractivity contribution in [3.8, 4) is 0 Å². The van der Waals surface area contributed by atoms with Gasteiger partial charge in [0.25, 0.3) is 0 Å². The first-order chi connectivity index (χ1) is 6.82. The molecule has 0 saturated heterocycles. The molecule has 3 N–H and O–H groups in total. The molecule has 0 aliphatic rings. The van der Waals surface area contributed by atoms with E-state index in [1.165, 1.54) is 19.1 Å². The Bertz CT molecular complexity index is 336. The first-order valence-electron chi connectivity index (χ1n) is 4.43. The van der Waals surface area contributed by atoms with E-state index in [1.54, 1.807) is 0 Å². The van der Waals surface area contributed by atoms with Gasteiger partial charge in [-0.25, -0.2) is 0 Å². The van der Waals surface area contributed by atoms with Crippen LogP contribution in [0.25, 0.3) is 0 Å². The summed E-state index contributed by atoms with van der Waals surface area (Å²) in [4.78, 5) is 0. The summed E-state index contributed by atoms with van der Waals surface area (Å²) >= 11 is 0. The van der Waals surface area contributed by atoms with Gasteiger partial charge < -0.3 is 10.8 Å². The molecule has 0 amide bonds. The fourth-order valence-electron chi connectivity index (χ4n) is 1.20. The number of rotatable bonds is 2. The molecule has 0 spiro atoms. The van der Waals surface area contributed by atoms with Crippen LogP contribution >= 0.6 is 0 Å². The summed E-state index contributed by atoms with van der Waals surface area (Å²) in [5.41, 5.74) is 4.80. The molecule has 0 bridgehead atoms. The number of hydrogen-bond donors (Lipinski definition) is 2. The van der Waals surface area contributed by atoms with Gasteiger partial charge in [-0.15, -0.1) is 0 Å². The highest BCUT2D eigenvalue weighted by atomic mass is 19.4. The van der Waals surface area contributed by atoms with Crippen LogP contribution in [0, 0.1) is 0 Å². The van der Waals surface area contributed by atoms with Gasteiger partial charge in [0.05, 0.1) is 11.7 Å². The van der Waals surface area contributed by atoms with Gasteiger partial charge in [-0.05, 0) is 24.6 Å². The quantitative estimate of drug-likeness (QED) is 0.800. The third-order valence-corrected chi connectivity index (χ3v) is 2.05. The smallest absolute Gasteiger partial charge is 0.387 e. The molecule has 2 atom stereocenters. The van der Waals surface area contributed by atoms with Crippen molar-refractivity contribution in [2.24, 2.45) is 5.73 Å². The molecule has 0 aliphatic carbocycles. The Labute approximate surface area is 85.5 Å². The zero-order chi connectivity index (χ0) is 11.6. The van der Waals surface area contributed by atoms with Crippen molar-refractivity contribution in [3.63, 3.8) is 0 Å². The zero-order valence-electron chi connectivity index (χ0n) is 8.12. The van der Waals surface area contributed by atoms with E-state index < -0.39 is 23.9 Å². The van der Waals surface area contributed by atoms with E-state index in [2.05, 4.69) is 0 Å². The van der Waals surface area contributed by atoms with Gasteiger partial charge in [-0.3, -0.25) is 0 Å². The van der Waals surface area contributed by atoms with Gasteiger partial charge in [-0.1, -0.05) is 12.1 Å². The first kappa shape index (κ1) is 12.0. The van der Waals surface area contributed by atoms with Crippen LogP contribution in [0.3, 0.4) is 0 Å². The molecule has 0 unspecified atom stereocenters. The predicted molar refractivity (Wildman–Crippen MR) is 50.1 cm³/mol. The fourth-order valence-corrected chi connectivity index (χ4v) is 1.20. The van der Waals surface area contributed by atoms with E-state index in [4.69, 9.17) is 5.73 Å². The van der Waals surface area contributed by atoms with Gasteiger partial charge in [-0.2, -0.15) is 13.2 Å². The van der Waals surface area contributed by atoms with Gasteiger partial charge in [0.2, 0.25) is 0 Å². The molecule has 0 radical (unpaired) electrons. The lowest BCUT2D eigenvalue weighted by atomic mass is 10.0. The summed E-state index contributed by atoms with van der Waals surface area (Å²) in [5.74, 6) is 0. The second-order valence-electron chi connectivity index (χ2n) is 3.43. The summed E-state index contributed by atoms with van der Waals surface area (Å²) in [5, 5.41) is 9.50. The molecule has 1 aromatic rings. The van der Waals surface area contributed by atoms with E-state index in [9.17, 15) is 18.3 Å². The van der Waals surface area contributed by atoms with Crippen LogP contribution in [0.15, 0.2) is 24.3 Å². The van der Waals surface area contributed by atoms with Crippen LogP contribution in [0.4, 0.5) is 13.2 Å². The number of halogens is 3. The van der Waals surface area contributed by atoms with Crippen LogP contribution in [-0.4, -0.2) is 11.1 Å². The highest BCUT2D eigenvalue weighted by molar-refractivity contribution is 5.27. The molecule has 15 heavy (non-hydrogen) atoms. The van der Waals surface area contributed by atoms with E-state index in [1.807, 2.05) is 0 Å². The van der Waals surface area contributed by atoms with E-state index in [0.717, 1.165) is 12.1 Å². The van der Waals surface area contributed by atoms with Crippen molar-refractivity contribution in [2.45, 2.75) is 25.2 Å². The lowest BCUT2D eigenvalue weighted by Gasteiger charge is -2.16. The third-order valence-electron chi connectivity index (χ3n) is 2.05. The highest BCUT2D eigenvalue weighted by Gasteiger charge is 2.31. The van der Waals surface area contributed by atoms with E-state index in [0.29, 0.717) is 0 Å². The lowest BCUT2D eigenvalue weighted by molar-refractivity contribution is -0.137. The molecule has 2 nitrogen and oxygen atoms in total. The summed E-state index contributed by atoms with van der Waals surface area (Å²) in [6.07, 6.45) is -5.47. The van der Waals surface area contributed by atoms with Crippen LogP contribution in [0.1, 0.15) is 24.2 Å². The molecule has 5 heteroatoms. The van der Waals surface area contributed by atoms with Crippen LogP contribution in [-0.2, 0) is 6.18 Å². The standard InChI is InChI=1S/C10H12F3NO/c1-6(14)9(15)7-3-2-4-8(5-7)10(11,12)13/h2-6,9,15H,14H2,1H3/t6-,9-/m0/s1. The lowest BCUT2D eigenvalue weighted by Crippen LogP contribution is -2.24. The van der Waals surface area contributed by atoms with Crippen LogP contribution in [0.2, 0.25) is 0 Å². The molecular weight excluding hydrogens is 207 g/mol. The van der Waals surface area contributed by atoms with E-state index >= 15 is 0 Å². The van der Waals surface area contributed by atoms with Gasteiger partial charge in [0.15, 0.2) is 0 Å². The van der Waals surface area contributed by atoms with Crippen molar-refractivity contribution in [1.82, 2.24) is 0 Å². The minimum absolute atomic E-state index is 0.180. The molecule has 0 fully saturated rings. The fraction of sp³-hybridized carbons (Fsp3) is 0.400. The molecule has 0 saturated carbocycles. The van der Waals surface area contributed by atoms with Crippen molar-refractivity contribution in [2.75, 3.05) is 0 Å². The minimum Gasteiger partial charge on any atom is -0.387 e. The van der Waals surface area contributed by atoms with Crippen molar-refractivity contribution in [3.05, 3.63) is 35.4 Å². The number of aliphatic hydroxyl groups is 1. The van der Waals surface area contributed by atoms with Gasteiger partial charge in [0, 0.05) is 6.04 Å². The maximum atomic E-state index is 12.3. The molecule has 0 heterocycles. The number of alkyl halides is 3. The van der Waals surface area contributed by atoms with Gasteiger partial charge >= 0.3 is 6.18 Å². The maximum Gasteiger partial charge on any atom is 0.416 e. The maximum absolute atomic E-state index is 12.3. The zero-order valence-corrected chi connectivity index (χ0v) is 8.12. The number of aliphatic hydroxyl groups excluding tert-OH is 1. The molecular formula is C10H12F3NO.